The van der Waals surface area contributed by atoms with Crippen LogP contribution in [-0.4, -0.2) is 19.0 Å². The Morgan fingerprint density at radius 1 is 1.52 bits per heavy atom. The van der Waals surface area contributed by atoms with Crippen molar-refractivity contribution in [2.45, 2.75) is 39.7 Å². The van der Waals surface area contributed by atoms with Gasteiger partial charge in [-0.3, -0.25) is 4.79 Å². The summed E-state index contributed by atoms with van der Waals surface area (Å²) in [6, 6.07) is 5.09. The van der Waals surface area contributed by atoms with Crippen LogP contribution in [0.3, 0.4) is 0 Å². The first-order valence-electron chi connectivity index (χ1n) is 7.78. The van der Waals surface area contributed by atoms with Gasteiger partial charge in [0.2, 0.25) is 5.91 Å². The van der Waals surface area contributed by atoms with Gasteiger partial charge in [-0.05, 0) is 61.9 Å². The monoisotopic (exact) mass is 292 g/mol. The van der Waals surface area contributed by atoms with Crippen LogP contribution in [0.15, 0.2) is 18.2 Å². The Kier molecular flexibility index (Phi) is 5.74. The molecular formula is C17H25FN2O. The molecular weight excluding hydrogens is 267 g/mol. The molecule has 0 bridgehead atoms. The highest BCUT2D eigenvalue weighted by Crippen LogP contribution is 2.22. The molecule has 1 saturated heterocycles. The molecule has 1 aliphatic heterocycles. The molecule has 4 heteroatoms. The minimum Gasteiger partial charge on any atom is -0.352 e. The summed E-state index contributed by atoms with van der Waals surface area (Å²) >= 11 is 0. The third kappa shape index (κ3) is 4.81. The van der Waals surface area contributed by atoms with Crippen LogP contribution < -0.4 is 10.6 Å². The normalized spacial score (nSPS) is 20.0. The van der Waals surface area contributed by atoms with E-state index in [4.69, 9.17) is 0 Å². The van der Waals surface area contributed by atoms with E-state index in [9.17, 15) is 9.18 Å². The third-order valence-corrected chi connectivity index (χ3v) is 4.37. The zero-order valence-corrected chi connectivity index (χ0v) is 12.9. The number of aryl methyl sites for hydroxylation is 1. The second-order valence-electron chi connectivity index (χ2n) is 6.15. The van der Waals surface area contributed by atoms with E-state index >= 15 is 0 Å². The van der Waals surface area contributed by atoms with Gasteiger partial charge in [0.15, 0.2) is 0 Å². The summed E-state index contributed by atoms with van der Waals surface area (Å²) in [6.45, 7) is 6.37. The van der Waals surface area contributed by atoms with Crippen molar-refractivity contribution in [3.8, 4) is 0 Å². The summed E-state index contributed by atoms with van der Waals surface area (Å²) in [5.74, 6) is 0.798. The minimum absolute atomic E-state index is 0.0501. The molecule has 116 valence electrons. The summed E-state index contributed by atoms with van der Waals surface area (Å²) in [5.41, 5.74) is 1.43. The summed E-state index contributed by atoms with van der Waals surface area (Å²) in [6.07, 6.45) is 2.94. The molecule has 0 saturated carbocycles. The number of halogens is 1. The van der Waals surface area contributed by atoms with Crippen LogP contribution in [-0.2, 0) is 11.3 Å². The number of carbonyl (C=O) groups is 1. The van der Waals surface area contributed by atoms with E-state index in [-0.39, 0.29) is 11.7 Å². The van der Waals surface area contributed by atoms with Crippen LogP contribution in [0.5, 0.6) is 0 Å². The second-order valence-corrected chi connectivity index (χ2v) is 6.15. The lowest BCUT2D eigenvalue weighted by atomic mass is 9.85. The van der Waals surface area contributed by atoms with Crippen molar-refractivity contribution >= 4 is 5.91 Å². The van der Waals surface area contributed by atoms with Gasteiger partial charge in [0, 0.05) is 13.0 Å². The molecule has 1 fully saturated rings. The Balaban J connectivity index is 1.77. The van der Waals surface area contributed by atoms with Crippen LogP contribution in [0, 0.1) is 24.6 Å². The van der Waals surface area contributed by atoms with Gasteiger partial charge in [-0.2, -0.15) is 0 Å². The highest BCUT2D eigenvalue weighted by atomic mass is 19.1. The van der Waals surface area contributed by atoms with Crippen molar-refractivity contribution in [3.63, 3.8) is 0 Å². The molecule has 1 aromatic carbocycles. The Labute approximate surface area is 126 Å². The van der Waals surface area contributed by atoms with Gasteiger partial charge in [0.1, 0.15) is 5.82 Å². The third-order valence-electron chi connectivity index (χ3n) is 4.37. The first-order chi connectivity index (χ1) is 10.1. The van der Waals surface area contributed by atoms with Gasteiger partial charge in [0.25, 0.3) is 0 Å². The quantitative estimate of drug-likeness (QED) is 0.876. The fourth-order valence-electron chi connectivity index (χ4n) is 2.84. The zero-order chi connectivity index (χ0) is 15.2. The molecule has 2 rings (SSSR count). The highest BCUT2D eigenvalue weighted by Gasteiger charge is 2.21. The molecule has 0 aliphatic carbocycles. The van der Waals surface area contributed by atoms with Crippen LogP contribution in [0.25, 0.3) is 0 Å². The minimum atomic E-state index is -0.219. The van der Waals surface area contributed by atoms with Crippen LogP contribution in [0.1, 0.15) is 37.3 Å². The average Bonchev–Trinajstić information content (AvgIpc) is 2.49. The molecule has 1 aromatic rings. The number of piperidine rings is 1. The molecule has 1 amide bonds. The molecule has 0 aromatic heterocycles. The Hall–Kier alpha value is -1.42. The van der Waals surface area contributed by atoms with E-state index < -0.39 is 0 Å². The van der Waals surface area contributed by atoms with Crippen molar-refractivity contribution in [3.05, 3.63) is 35.1 Å². The van der Waals surface area contributed by atoms with Crippen molar-refractivity contribution in [2.24, 2.45) is 11.8 Å². The number of nitrogens with one attached hydrogen (secondary N) is 2. The second kappa shape index (κ2) is 7.55. The molecule has 2 N–H and O–H groups in total. The van der Waals surface area contributed by atoms with E-state index in [2.05, 4.69) is 17.6 Å². The van der Waals surface area contributed by atoms with Crippen LogP contribution in [0.2, 0.25) is 0 Å². The molecule has 0 radical (unpaired) electrons. The van der Waals surface area contributed by atoms with Gasteiger partial charge >= 0.3 is 0 Å². The molecule has 21 heavy (non-hydrogen) atoms. The first-order valence-corrected chi connectivity index (χ1v) is 7.78. The fourth-order valence-corrected chi connectivity index (χ4v) is 2.84. The van der Waals surface area contributed by atoms with Crippen LogP contribution >= 0.6 is 0 Å². The van der Waals surface area contributed by atoms with E-state index in [1.165, 1.54) is 18.9 Å². The Morgan fingerprint density at radius 3 is 3.00 bits per heavy atom. The van der Waals surface area contributed by atoms with Gasteiger partial charge < -0.3 is 10.6 Å². The maximum absolute atomic E-state index is 13.4. The van der Waals surface area contributed by atoms with Crippen molar-refractivity contribution in [1.82, 2.24) is 10.6 Å². The standard InChI is InChI=1S/C17H25FN2O/c1-12-5-6-14(9-16(12)18)10-20-17(21)8-13(2)15-4-3-7-19-11-15/h5-6,9,13,15,19H,3-4,7-8,10-11H2,1-2H3,(H,20,21). The van der Waals surface area contributed by atoms with Crippen LogP contribution in [0.4, 0.5) is 4.39 Å². The van der Waals surface area contributed by atoms with E-state index in [0.29, 0.717) is 30.4 Å². The average molecular weight is 292 g/mol. The van der Waals surface area contributed by atoms with Gasteiger partial charge in [-0.1, -0.05) is 19.1 Å². The molecule has 2 atom stereocenters. The predicted octanol–water partition coefficient (Wildman–Crippen LogP) is 2.78. The number of rotatable bonds is 5. The summed E-state index contributed by atoms with van der Waals surface area (Å²) in [4.78, 5) is 12.0. The maximum atomic E-state index is 13.4. The van der Waals surface area contributed by atoms with Gasteiger partial charge in [-0.25, -0.2) is 4.39 Å². The summed E-state index contributed by atoms with van der Waals surface area (Å²) < 4.78 is 13.4. The lowest BCUT2D eigenvalue weighted by Crippen LogP contribution is -2.35. The van der Waals surface area contributed by atoms with Gasteiger partial charge in [-0.15, -0.1) is 0 Å². The lowest BCUT2D eigenvalue weighted by Gasteiger charge is -2.28. The van der Waals surface area contributed by atoms with E-state index in [1.54, 1.807) is 13.0 Å². The number of benzene rings is 1. The highest BCUT2D eigenvalue weighted by molar-refractivity contribution is 5.76. The SMILES string of the molecule is Cc1ccc(CNC(=O)CC(C)C2CCCNC2)cc1F. The van der Waals surface area contributed by atoms with Crippen molar-refractivity contribution in [1.29, 1.82) is 0 Å². The lowest BCUT2D eigenvalue weighted by molar-refractivity contribution is -0.122. The molecule has 1 aliphatic rings. The predicted molar refractivity (Wildman–Crippen MR) is 82.4 cm³/mol. The Bertz CT molecular complexity index is 484. The van der Waals surface area contributed by atoms with Gasteiger partial charge in [0.05, 0.1) is 0 Å². The number of carbonyl (C=O) groups excluding carboxylic acids is 1. The molecule has 0 spiro atoms. The largest absolute Gasteiger partial charge is 0.352 e. The van der Waals surface area contributed by atoms with Crippen molar-refractivity contribution < 1.29 is 9.18 Å². The first kappa shape index (κ1) is 16.0. The topological polar surface area (TPSA) is 41.1 Å². The summed E-state index contributed by atoms with van der Waals surface area (Å²) in [5, 5.41) is 6.27. The zero-order valence-electron chi connectivity index (χ0n) is 12.9. The maximum Gasteiger partial charge on any atom is 0.220 e. The molecule has 3 nitrogen and oxygen atoms in total. The van der Waals surface area contributed by atoms with E-state index in [1.807, 2.05) is 6.07 Å². The molecule has 2 unspecified atom stereocenters. The summed E-state index contributed by atoms with van der Waals surface area (Å²) in [7, 11) is 0. The fraction of sp³-hybridized carbons (Fsp3) is 0.588. The Morgan fingerprint density at radius 2 is 2.33 bits per heavy atom. The number of hydrogen-bond donors (Lipinski definition) is 2. The smallest absolute Gasteiger partial charge is 0.220 e. The number of amides is 1. The van der Waals surface area contributed by atoms with Crippen molar-refractivity contribution in [2.75, 3.05) is 13.1 Å². The van der Waals surface area contributed by atoms with E-state index in [0.717, 1.165) is 18.7 Å². The molecule has 1 heterocycles. The number of hydrogen-bond acceptors (Lipinski definition) is 2.